The van der Waals surface area contributed by atoms with Crippen LogP contribution >= 0.6 is 24.8 Å². The Morgan fingerprint density at radius 2 is 1.86 bits per heavy atom. The summed E-state index contributed by atoms with van der Waals surface area (Å²) in [5.41, 5.74) is 10.9. The van der Waals surface area contributed by atoms with E-state index in [1.165, 1.54) is 31.5 Å². The summed E-state index contributed by atoms with van der Waals surface area (Å²) in [4.78, 5) is 2.63. The van der Waals surface area contributed by atoms with Crippen LogP contribution in [0, 0.1) is 17.8 Å². The average molecular weight is 343 g/mol. The van der Waals surface area contributed by atoms with Crippen molar-refractivity contribution in [3.8, 4) is 0 Å². The first-order valence-electron chi connectivity index (χ1n) is 8.13. The molecule has 2 fully saturated rings. The maximum absolute atomic E-state index is 5.79. The number of rotatable bonds is 3. The van der Waals surface area contributed by atoms with E-state index < -0.39 is 0 Å². The van der Waals surface area contributed by atoms with E-state index in [1.807, 2.05) is 0 Å². The van der Waals surface area contributed by atoms with Gasteiger partial charge in [0.1, 0.15) is 0 Å². The zero-order chi connectivity index (χ0) is 13.9. The molecule has 124 valence electrons. The SMILES string of the molecule is CC1(C)CCc2cc(CN3C[C@@H]4C(CN)[C@@H]4C3)ccc21.Cl.Cl. The van der Waals surface area contributed by atoms with E-state index in [1.54, 1.807) is 11.1 Å². The Bertz CT molecular complexity index is 532. The first-order valence-corrected chi connectivity index (χ1v) is 8.13. The predicted molar refractivity (Wildman–Crippen MR) is 97.1 cm³/mol. The van der Waals surface area contributed by atoms with Gasteiger partial charge >= 0.3 is 0 Å². The molecule has 2 aliphatic carbocycles. The molecule has 22 heavy (non-hydrogen) atoms. The molecule has 2 N–H and O–H groups in total. The number of hydrogen-bond donors (Lipinski definition) is 1. The number of hydrogen-bond acceptors (Lipinski definition) is 2. The summed E-state index contributed by atoms with van der Waals surface area (Å²) >= 11 is 0. The summed E-state index contributed by atoms with van der Waals surface area (Å²) in [7, 11) is 0. The van der Waals surface area contributed by atoms with Crippen LogP contribution in [0.15, 0.2) is 18.2 Å². The summed E-state index contributed by atoms with van der Waals surface area (Å²) in [6.45, 7) is 9.33. The van der Waals surface area contributed by atoms with Crippen LogP contribution in [0.3, 0.4) is 0 Å². The summed E-state index contributed by atoms with van der Waals surface area (Å²) in [6.07, 6.45) is 2.56. The van der Waals surface area contributed by atoms with Gasteiger partial charge in [0, 0.05) is 19.6 Å². The summed E-state index contributed by atoms with van der Waals surface area (Å²) in [5.74, 6) is 2.66. The molecule has 1 aromatic rings. The number of nitrogens with zero attached hydrogens (tertiary/aromatic N) is 1. The lowest BCUT2D eigenvalue weighted by Gasteiger charge is -2.21. The van der Waals surface area contributed by atoms with Gasteiger partial charge in [0.05, 0.1) is 0 Å². The standard InChI is InChI=1S/C18H26N2.2ClH/c1-18(2)6-5-13-7-12(3-4-17(13)18)9-20-10-15-14(8-19)16(15)11-20;;/h3-4,7,14-16H,5-6,8-11,19H2,1-2H3;2*1H/t14?,15-,16+;;. The van der Waals surface area contributed by atoms with Gasteiger partial charge in [-0.15, -0.1) is 24.8 Å². The molecule has 1 saturated heterocycles. The lowest BCUT2D eigenvalue weighted by Crippen LogP contribution is -2.25. The second kappa shape index (κ2) is 6.32. The molecule has 4 rings (SSSR count). The van der Waals surface area contributed by atoms with Gasteiger partial charge < -0.3 is 5.73 Å². The molecular formula is C18H28Cl2N2. The summed E-state index contributed by atoms with van der Waals surface area (Å²) in [5, 5.41) is 0. The van der Waals surface area contributed by atoms with Crippen LogP contribution < -0.4 is 5.73 Å². The number of benzene rings is 1. The van der Waals surface area contributed by atoms with Crippen LogP contribution in [0.4, 0.5) is 0 Å². The highest BCUT2D eigenvalue weighted by Gasteiger charge is 2.54. The van der Waals surface area contributed by atoms with E-state index in [0.29, 0.717) is 5.41 Å². The quantitative estimate of drug-likeness (QED) is 0.912. The first kappa shape index (κ1) is 18.1. The highest BCUT2D eigenvalue weighted by Crippen LogP contribution is 2.51. The summed E-state index contributed by atoms with van der Waals surface area (Å²) in [6, 6.07) is 7.21. The molecule has 0 aromatic heterocycles. The first-order chi connectivity index (χ1) is 9.58. The van der Waals surface area contributed by atoms with Gasteiger partial charge in [-0.2, -0.15) is 0 Å². The van der Waals surface area contributed by atoms with E-state index in [2.05, 4.69) is 36.9 Å². The fourth-order valence-corrected chi connectivity index (χ4v) is 4.67. The van der Waals surface area contributed by atoms with Gasteiger partial charge in [0.15, 0.2) is 0 Å². The Kier molecular flexibility index (Phi) is 5.19. The fraction of sp³-hybridized carbons (Fsp3) is 0.667. The number of nitrogens with two attached hydrogens (primary N) is 1. The number of likely N-dealkylation sites (tertiary alicyclic amines) is 1. The Labute approximate surface area is 146 Å². The van der Waals surface area contributed by atoms with Gasteiger partial charge in [-0.05, 0) is 59.2 Å². The third kappa shape index (κ3) is 2.91. The molecule has 1 aliphatic heterocycles. The van der Waals surface area contributed by atoms with Gasteiger partial charge in [-0.3, -0.25) is 4.90 Å². The minimum atomic E-state index is 0. The monoisotopic (exact) mass is 342 g/mol. The van der Waals surface area contributed by atoms with E-state index in [9.17, 15) is 0 Å². The van der Waals surface area contributed by atoms with Crippen LogP contribution in [0.2, 0.25) is 0 Å². The Balaban J connectivity index is 0.000000882. The van der Waals surface area contributed by atoms with Crippen molar-refractivity contribution < 1.29 is 0 Å². The maximum atomic E-state index is 5.79. The smallest absolute Gasteiger partial charge is 0.0234 e. The van der Waals surface area contributed by atoms with Gasteiger partial charge in [-0.25, -0.2) is 0 Å². The van der Waals surface area contributed by atoms with E-state index >= 15 is 0 Å². The second-order valence-corrected chi connectivity index (χ2v) is 7.80. The number of aryl methyl sites for hydroxylation is 1. The van der Waals surface area contributed by atoms with Gasteiger partial charge in [-0.1, -0.05) is 32.0 Å². The zero-order valence-corrected chi connectivity index (χ0v) is 15.2. The van der Waals surface area contributed by atoms with Crippen molar-refractivity contribution >= 4 is 24.8 Å². The van der Waals surface area contributed by atoms with Crippen molar-refractivity contribution in [1.29, 1.82) is 0 Å². The second-order valence-electron chi connectivity index (χ2n) is 7.80. The molecule has 1 unspecified atom stereocenters. The minimum Gasteiger partial charge on any atom is -0.330 e. The molecule has 3 aliphatic rings. The molecular weight excluding hydrogens is 315 g/mol. The average Bonchev–Trinajstić information content (AvgIpc) is 2.75. The van der Waals surface area contributed by atoms with E-state index in [-0.39, 0.29) is 24.8 Å². The van der Waals surface area contributed by atoms with Crippen LogP contribution in [0.5, 0.6) is 0 Å². The van der Waals surface area contributed by atoms with Crippen molar-refractivity contribution in [3.05, 3.63) is 34.9 Å². The fourth-order valence-electron chi connectivity index (χ4n) is 4.67. The Morgan fingerprint density at radius 1 is 1.18 bits per heavy atom. The molecule has 1 heterocycles. The number of fused-ring (bicyclic) bond motifs is 2. The highest BCUT2D eigenvalue weighted by molar-refractivity contribution is 5.85. The lowest BCUT2D eigenvalue weighted by atomic mass is 9.86. The van der Waals surface area contributed by atoms with Crippen LogP contribution in [0.25, 0.3) is 0 Å². The van der Waals surface area contributed by atoms with Crippen molar-refractivity contribution in [1.82, 2.24) is 4.90 Å². The molecule has 3 atom stereocenters. The van der Waals surface area contributed by atoms with Crippen molar-refractivity contribution in [3.63, 3.8) is 0 Å². The van der Waals surface area contributed by atoms with Crippen molar-refractivity contribution in [2.24, 2.45) is 23.5 Å². The molecule has 4 heteroatoms. The van der Waals surface area contributed by atoms with Crippen LogP contribution in [-0.4, -0.2) is 24.5 Å². The number of halogens is 2. The molecule has 1 saturated carbocycles. The minimum absolute atomic E-state index is 0. The summed E-state index contributed by atoms with van der Waals surface area (Å²) < 4.78 is 0. The van der Waals surface area contributed by atoms with Crippen LogP contribution in [0.1, 0.15) is 37.0 Å². The molecule has 1 aromatic carbocycles. The largest absolute Gasteiger partial charge is 0.330 e. The van der Waals surface area contributed by atoms with Crippen molar-refractivity contribution in [2.45, 2.75) is 38.6 Å². The third-order valence-corrected chi connectivity index (χ3v) is 6.04. The molecule has 0 radical (unpaired) electrons. The van der Waals surface area contributed by atoms with Crippen molar-refractivity contribution in [2.75, 3.05) is 19.6 Å². The normalized spacial score (nSPS) is 31.0. The number of piperidine rings is 1. The molecule has 0 spiro atoms. The van der Waals surface area contributed by atoms with E-state index in [4.69, 9.17) is 5.73 Å². The molecule has 0 bridgehead atoms. The molecule has 0 amide bonds. The Hall–Kier alpha value is -0.280. The molecule has 2 nitrogen and oxygen atoms in total. The third-order valence-electron chi connectivity index (χ3n) is 6.04. The van der Waals surface area contributed by atoms with Crippen LogP contribution in [-0.2, 0) is 18.4 Å². The van der Waals surface area contributed by atoms with E-state index in [0.717, 1.165) is 30.8 Å². The topological polar surface area (TPSA) is 29.3 Å². The van der Waals surface area contributed by atoms with Gasteiger partial charge in [0.2, 0.25) is 0 Å². The van der Waals surface area contributed by atoms with Gasteiger partial charge in [0.25, 0.3) is 0 Å². The Morgan fingerprint density at radius 3 is 2.50 bits per heavy atom. The highest BCUT2D eigenvalue weighted by atomic mass is 35.5. The predicted octanol–water partition coefficient (Wildman–Crippen LogP) is 3.39. The lowest BCUT2D eigenvalue weighted by molar-refractivity contribution is 0.279. The maximum Gasteiger partial charge on any atom is 0.0234 e. The zero-order valence-electron chi connectivity index (χ0n) is 13.5.